The molecule has 23 heavy (non-hydrogen) atoms. The summed E-state index contributed by atoms with van der Waals surface area (Å²) in [4.78, 5) is 24.6. The predicted octanol–water partition coefficient (Wildman–Crippen LogP) is 3.02. The van der Waals surface area contributed by atoms with Crippen LogP contribution in [0.5, 0.6) is 0 Å². The minimum absolute atomic E-state index is 0.0487. The van der Waals surface area contributed by atoms with E-state index in [0.717, 1.165) is 6.42 Å². The van der Waals surface area contributed by atoms with E-state index < -0.39 is 23.8 Å². The van der Waals surface area contributed by atoms with E-state index in [-0.39, 0.29) is 18.6 Å². The number of hydrogen-bond donors (Lipinski definition) is 1. The number of ether oxygens (including phenoxy) is 2. The zero-order chi connectivity index (χ0) is 17.6. The van der Waals surface area contributed by atoms with Gasteiger partial charge in [-0.05, 0) is 44.4 Å². The van der Waals surface area contributed by atoms with Crippen molar-refractivity contribution in [2.24, 2.45) is 28.3 Å². The zero-order valence-electron chi connectivity index (χ0n) is 14.8. The minimum Gasteiger partial charge on any atom is -0.465 e. The van der Waals surface area contributed by atoms with Crippen LogP contribution in [-0.2, 0) is 19.1 Å². The lowest BCUT2D eigenvalue weighted by Gasteiger charge is -2.39. The Labute approximate surface area is 138 Å². The fourth-order valence-electron chi connectivity index (χ4n) is 3.20. The van der Waals surface area contributed by atoms with E-state index in [1.165, 1.54) is 0 Å². The predicted molar refractivity (Wildman–Crippen MR) is 86.3 cm³/mol. The Morgan fingerprint density at radius 2 is 1.74 bits per heavy atom. The first-order valence-corrected chi connectivity index (χ1v) is 8.30. The number of nitrogens with zero attached hydrogens (tertiary/aromatic N) is 1. The molecule has 0 saturated heterocycles. The summed E-state index contributed by atoms with van der Waals surface area (Å²) in [5, 5.41) is 12.7. The molecule has 6 heteroatoms. The van der Waals surface area contributed by atoms with Crippen molar-refractivity contribution in [1.82, 2.24) is 0 Å². The second-order valence-corrected chi connectivity index (χ2v) is 7.02. The highest BCUT2D eigenvalue weighted by atomic mass is 16.6. The Kier molecular flexibility index (Phi) is 7.03. The lowest BCUT2D eigenvalue weighted by atomic mass is 9.65. The summed E-state index contributed by atoms with van der Waals surface area (Å²) in [5.74, 6) is -2.43. The summed E-state index contributed by atoms with van der Waals surface area (Å²) in [6.45, 7) is 10.2. The van der Waals surface area contributed by atoms with Gasteiger partial charge in [-0.1, -0.05) is 25.9 Å². The number of oxime groups is 1. The van der Waals surface area contributed by atoms with Crippen molar-refractivity contribution in [3.05, 3.63) is 0 Å². The first-order chi connectivity index (χ1) is 10.8. The fourth-order valence-corrected chi connectivity index (χ4v) is 3.20. The van der Waals surface area contributed by atoms with E-state index in [1.54, 1.807) is 13.8 Å². The molecule has 1 saturated carbocycles. The van der Waals surface area contributed by atoms with Crippen LogP contribution < -0.4 is 0 Å². The van der Waals surface area contributed by atoms with Gasteiger partial charge >= 0.3 is 11.9 Å². The maximum atomic E-state index is 12.3. The number of carbonyl (C=O) groups excluding carboxylic acids is 2. The molecule has 0 aliphatic heterocycles. The highest BCUT2D eigenvalue weighted by molar-refractivity contribution is 6.02. The Morgan fingerprint density at radius 1 is 1.22 bits per heavy atom. The van der Waals surface area contributed by atoms with Crippen LogP contribution in [0.4, 0.5) is 0 Å². The van der Waals surface area contributed by atoms with E-state index in [2.05, 4.69) is 25.9 Å². The molecular formula is C17H29NO5. The summed E-state index contributed by atoms with van der Waals surface area (Å²) in [6.07, 6.45) is 2.04. The van der Waals surface area contributed by atoms with Gasteiger partial charge in [0.15, 0.2) is 5.92 Å². The molecule has 1 aliphatic rings. The van der Waals surface area contributed by atoms with E-state index in [4.69, 9.17) is 9.47 Å². The molecule has 0 spiro atoms. The summed E-state index contributed by atoms with van der Waals surface area (Å²) in [6, 6.07) is 0. The molecule has 6 nitrogen and oxygen atoms in total. The maximum absolute atomic E-state index is 12.3. The van der Waals surface area contributed by atoms with Crippen LogP contribution in [0.15, 0.2) is 5.16 Å². The molecular weight excluding hydrogens is 298 g/mol. The average Bonchev–Trinajstić information content (AvgIpc) is 2.47. The lowest BCUT2D eigenvalue weighted by molar-refractivity contribution is -0.163. The monoisotopic (exact) mass is 327 g/mol. The van der Waals surface area contributed by atoms with Crippen LogP contribution in [-0.4, -0.2) is 36.1 Å². The van der Waals surface area contributed by atoms with Crippen LogP contribution in [0.25, 0.3) is 0 Å². The molecule has 1 N–H and O–H groups in total. The van der Waals surface area contributed by atoms with Crippen molar-refractivity contribution in [3.8, 4) is 0 Å². The van der Waals surface area contributed by atoms with Gasteiger partial charge in [0.1, 0.15) is 0 Å². The Hall–Kier alpha value is -1.59. The van der Waals surface area contributed by atoms with E-state index in [9.17, 15) is 14.8 Å². The van der Waals surface area contributed by atoms with Gasteiger partial charge < -0.3 is 14.7 Å². The molecule has 0 bridgehead atoms. The summed E-state index contributed by atoms with van der Waals surface area (Å²) in [7, 11) is 0. The van der Waals surface area contributed by atoms with Crippen molar-refractivity contribution >= 4 is 17.7 Å². The van der Waals surface area contributed by atoms with Gasteiger partial charge in [-0.25, -0.2) is 0 Å². The summed E-state index contributed by atoms with van der Waals surface area (Å²) in [5.41, 5.74) is 0.532. The third-order valence-corrected chi connectivity index (χ3v) is 4.55. The molecule has 0 heterocycles. The SMILES string of the molecule is CCOC(=O)C(C(=O)OCC)[C@H]1C[C@H](C(C)(C)C)CC/C1=N\O. The van der Waals surface area contributed by atoms with Gasteiger partial charge in [-0.15, -0.1) is 0 Å². The van der Waals surface area contributed by atoms with Crippen LogP contribution >= 0.6 is 0 Å². The Balaban J connectivity index is 3.12. The van der Waals surface area contributed by atoms with E-state index in [0.29, 0.717) is 24.5 Å². The van der Waals surface area contributed by atoms with Crippen LogP contribution in [0.2, 0.25) is 0 Å². The molecule has 0 aromatic rings. The first-order valence-electron chi connectivity index (χ1n) is 8.30. The summed E-state index contributed by atoms with van der Waals surface area (Å²) < 4.78 is 10.1. The molecule has 0 aromatic carbocycles. The molecule has 2 atom stereocenters. The van der Waals surface area contributed by atoms with Crippen molar-refractivity contribution in [1.29, 1.82) is 0 Å². The highest BCUT2D eigenvalue weighted by Crippen LogP contribution is 2.42. The normalized spacial score (nSPS) is 23.8. The third-order valence-electron chi connectivity index (χ3n) is 4.55. The Bertz CT molecular complexity index is 434. The van der Waals surface area contributed by atoms with Gasteiger partial charge in [0.25, 0.3) is 0 Å². The quantitative estimate of drug-likeness (QED) is 0.363. The lowest BCUT2D eigenvalue weighted by Crippen LogP contribution is -2.43. The van der Waals surface area contributed by atoms with Crippen LogP contribution in [0.3, 0.4) is 0 Å². The van der Waals surface area contributed by atoms with Gasteiger partial charge in [0.05, 0.1) is 18.9 Å². The van der Waals surface area contributed by atoms with Gasteiger partial charge in [-0.3, -0.25) is 9.59 Å². The van der Waals surface area contributed by atoms with Gasteiger partial charge in [-0.2, -0.15) is 0 Å². The smallest absolute Gasteiger partial charge is 0.321 e. The zero-order valence-corrected chi connectivity index (χ0v) is 14.8. The molecule has 0 radical (unpaired) electrons. The minimum atomic E-state index is -1.06. The molecule has 0 aromatic heterocycles. The van der Waals surface area contributed by atoms with Gasteiger partial charge in [0.2, 0.25) is 0 Å². The van der Waals surface area contributed by atoms with Crippen molar-refractivity contribution in [3.63, 3.8) is 0 Å². The third kappa shape index (κ3) is 4.94. The highest BCUT2D eigenvalue weighted by Gasteiger charge is 2.45. The van der Waals surface area contributed by atoms with E-state index >= 15 is 0 Å². The van der Waals surface area contributed by atoms with Gasteiger partial charge in [0, 0.05) is 5.92 Å². The number of rotatable bonds is 5. The van der Waals surface area contributed by atoms with Crippen molar-refractivity contribution in [2.75, 3.05) is 13.2 Å². The number of carbonyl (C=O) groups is 2. The largest absolute Gasteiger partial charge is 0.465 e. The standard InChI is InChI=1S/C17H29NO5/c1-6-22-15(19)14(16(20)23-7-2)12-10-11(17(3,4)5)8-9-13(12)18-21/h11-12,14,21H,6-10H2,1-5H3/b18-13+/t11-,12+/m1/s1. The molecule has 1 aliphatic carbocycles. The van der Waals surface area contributed by atoms with Crippen molar-refractivity contribution in [2.45, 2.75) is 53.9 Å². The molecule has 1 fully saturated rings. The Morgan fingerprint density at radius 3 is 2.13 bits per heavy atom. The average molecular weight is 327 g/mol. The maximum Gasteiger partial charge on any atom is 0.321 e. The van der Waals surface area contributed by atoms with Crippen LogP contribution in [0.1, 0.15) is 53.9 Å². The van der Waals surface area contributed by atoms with Crippen molar-refractivity contribution < 1.29 is 24.3 Å². The topological polar surface area (TPSA) is 85.2 Å². The molecule has 132 valence electrons. The number of hydrogen-bond acceptors (Lipinski definition) is 6. The fraction of sp³-hybridized carbons (Fsp3) is 0.824. The number of esters is 2. The second-order valence-electron chi connectivity index (χ2n) is 7.02. The molecule has 0 unspecified atom stereocenters. The van der Waals surface area contributed by atoms with E-state index in [1.807, 2.05) is 0 Å². The first kappa shape index (κ1) is 19.5. The summed E-state index contributed by atoms with van der Waals surface area (Å²) >= 11 is 0. The molecule has 0 amide bonds. The second kappa shape index (κ2) is 8.31. The van der Waals surface area contributed by atoms with Crippen LogP contribution in [0, 0.1) is 23.2 Å². The molecule has 1 rings (SSSR count).